The lowest BCUT2D eigenvalue weighted by molar-refractivity contribution is 0.103. The number of thiophene rings is 1. The Labute approximate surface area is 131 Å². The lowest BCUT2D eigenvalue weighted by Crippen LogP contribution is -2.04. The Hall–Kier alpha value is -0.850. The fraction of sp³-hybridized carbons (Fsp3) is 0.154. The third-order valence-corrected chi connectivity index (χ3v) is 4.67. The predicted molar refractivity (Wildman–Crippen MR) is 82.7 cm³/mol. The van der Waals surface area contributed by atoms with Crippen molar-refractivity contribution in [2.75, 3.05) is 14.2 Å². The van der Waals surface area contributed by atoms with E-state index in [1.807, 2.05) is 5.38 Å². The maximum atomic E-state index is 12.5. The highest BCUT2D eigenvalue weighted by Gasteiger charge is 2.20. The van der Waals surface area contributed by atoms with Crippen LogP contribution in [0.25, 0.3) is 0 Å². The molecule has 1 aromatic carbocycles. The maximum Gasteiger partial charge on any atom is 0.198 e. The van der Waals surface area contributed by atoms with Gasteiger partial charge in [-0.15, -0.1) is 11.3 Å². The van der Waals surface area contributed by atoms with Gasteiger partial charge in [0.05, 0.1) is 23.6 Å². The Balaban J connectivity index is 2.52. The smallest absolute Gasteiger partial charge is 0.198 e. The molecule has 0 saturated carbocycles. The molecule has 0 atom stereocenters. The van der Waals surface area contributed by atoms with Crippen LogP contribution < -0.4 is 9.47 Å². The summed E-state index contributed by atoms with van der Waals surface area (Å²) in [4.78, 5) is 12.5. The monoisotopic (exact) mass is 404 g/mol. The van der Waals surface area contributed by atoms with Crippen molar-refractivity contribution in [3.8, 4) is 11.5 Å². The molecular formula is C13H10Br2O3S. The van der Waals surface area contributed by atoms with Gasteiger partial charge >= 0.3 is 0 Å². The first kappa shape index (κ1) is 14.6. The molecule has 1 aromatic heterocycles. The molecule has 2 aromatic rings. The number of ether oxygens (including phenoxy) is 2. The van der Waals surface area contributed by atoms with Crippen LogP contribution in [0.15, 0.2) is 31.8 Å². The largest absolute Gasteiger partial charge is 0.497 e. The average molecular weight is 406 g/mol. The van der Waals surface area contributed by atoms with Crippen LogP contribution in [0.5, 0.6) is 11.5 Å². The van der Waals surface area contributed by atoms with E-state index in [0.29, 0.717) is 27.1 Å². The molecule has 0 unspecified atom stereocenters. The molecule has 2 rings (SSSR count). The topological polar surface area (TPSA) is 35.5 Å². The zero-order valence-electron chi connectivity index (χ0n) is 10.2. The average Bonchev–Trinajstić information content (AvgIpc) is 2.83. The van der Waals surface area contributed by atoms with E-state index in [0.717, 1.165) is 3.79 Å². The maximum absolute atomic E-state index is 12.5. The molecule has 0 N–H and O–H groups in total. The second kappa shape index (κ2) is 6.07. The van der Waals surface area contributed by atoms with Crippen LogP contribution >= 0.6 is 43.2 Å². The summed E-state index contributed by atoms with van der Waals surface area (Å²) in [7, 11) is 3.10. The van der Waals surface area contributed by atoms with Gasteiger partial charge in [0.1, 0.15) is 11.5 Å². The van der Waals surface area contributed by atoms with Gasteiger partial charge in [0, 0.05) is 21.5 Å². The summed E-state index contributed by atoms with van der Waals surface area (Å²) < 4.78 is 12.0. The zero-order valence-corrected chi connectivity index (χ0v) is 14.2. The summed E-state index contributed by atoms with van der Waals surface area (Å²) in [6.07, 6.45) is 0. The quantitative estimate of drug-likeness (QED) is 0.701. The molecule has 6 heteroatoms. The summed E-state index contributed by atoms with van der Waals surface area (Å²) in [6, 6.07) is 5.24. The van der Waals surface area contributed by atoms with Gasteiger partial charge in [-0.25, -0.2) is 0 Å². The first-order chi connectivity index (χ1) is 9.06. The van der Waals surface area contributed by atoms with E-state index in [1.165, 1.54) is 18.4 Å². The van der Waals surface area contributed by atoms with Crippen molar-refractivity contribution in [3.05, 3.63) is 43.0 Å². The van der Waals surface area contributed by atoms with Crippen molar-refractivity contribution in [2.45, 2.75) is 0 Å². The lowest BCUT2D eigenvalue weighted by Gasteiger charge is -2.11. The number of rotatable bonds is 4. The van der Waals surface area contributed by atoms with Crippen LogP contribution in [-0.4, -0.2) is 20.0 Å². The zero-order chi connectivity index (χ0) is 14.0. The van der Waals surface area contributed by atoms with Crippen molar-refractivity contribution in [1.29, 1.82) is 0 Å². The molecule has 100 valence electrons. The van der Waals surface area contributed by atoms with E-state index in [4.69, 9.17) is 9.47 Å². The summed E-state index contributed by atoms with van der Waals surface area (Å²) in [6.45, 7) is 0. The van der Waals surface area contributed by atoms with E-state index >= 15 is 0 Å². The molecule has 0 amide bonds. The normalized spacial score (nSPS) is 10.3. The van der Waals surface area contributed by atoms with Crippen molar-refractivity contribution >= 4 is 49.0 Å². The lowest BCUT2D eigenvalue weighted by atomic mass is 10.0. The molecule has 3 nitrogen and oxygen atoms in total. The Bertz CT molecular complexity index is 622. The molecule has 0 fully saturated rings. The molecule has 0 radical (unpaired) electrons. The number of halogens is 2. The molecular weight excluding hydrogens is 396 g/mol. The predicted octanol–water partition coefficient (Wildman–Crippen LogP) is 4.52. The van der Waals surface area contributed by atoms with Crippen LogP contribution in [0.1, 0.15) is 15.9 Å². The number of hydrogen-bond donors (Lipinski definition) is 0. The summed E-state index contributed by atoms with van der Waals surface area (Å²) in [5.74, 6) is 1.03. The molecule has 0 aliphatic rings. The Morgan fingerprint density at radius 3 is 2.42 bits per heavy atom. The van der Waals surface area contributed by atoms with Crippen molar-refractivity contribution in [1.82, 2.24) is 0 Å². The van der Waals surface area contributed by atoms with Gasteiger partial charge in [0.25, 0.3) is 0 Å². The van der Waals surface area contributed by atoms with E-state index in [2.05, 4.69) is 31.9 Å². The van der Waals surface area contributed by atoms with Gasteiger partial charge in [-0.3, -0.25) is 4.79 Å². The minimum absolute atomic E-state index is 0.0895. The van der Waals surface area contributed by atoms with E-state index < -0.39 is 0 Å². The van der Waals surface area contributed by atoms with Gasteiger partial charge in [-0.2, -0.15) is 0 Å². The molecule has 1 heterocycles. The van der Waals surface area contributed by atoms with Crippen LogP contribution in [-0.2, 0) is 0 Å². The van der Waals surface area contributed by atoms with Gasteiger partial charge in [-0.05, 0) is 44.0 Å². The first-order valence-corrected chi connectivity index (χ1v) is 7.73. The molecule has 19 heavy (non-hydrogen) atoms. The van der Waals surface area contributed by atoms with E-state index in [-0.39, 0.29) is 5.78 Å². The highest BCUT2D eigenvalue weighted by atomic mass is 79.9. The fourth-order valence-electron chi connectivity index (χ4n) is 1.63. The van der Waals surface area contributed by atoms with E-state index in [1.54, 1.807) is 25.3 Å². The van der Waals surface area contributed by atoms with Gasteiger partial charge in [0.15, 0.2) is 5.78 Å². The number of hydrogen-bond acceptors (Lipinski definition) is 4. The minimum atomic E-state index is -0.0895. The second-order valence-corrected chi connectivity index (χ2v) is 6.80. The van der Waals surface area contributed by atoms with Crippen molar-refractivity contribution in [3.63, 3.8) is 0 Å². The molecule has 0 spiro atoms. The van der Waals surface area contributed by atoms with Gasteiger partial charge < -0.3 is 9.47 Å². The molecule has 0 bridgehead atoms. The van der Waals surface area contributed by atoms with Crippen LogP contribution in [0, 0.1) is 0 Å². The SMILES string of the molecule is COc1cc(Br)c(C(=O)c2csc(Br)c2)c(OC)c1. The number of methoxy groups -OCH3 is 2. The number of benzene rings is 1. The number of carbonyl (C=O) groups is 1. The molecule has 0 saturated heterocycles. The van der Waals surface area contributed by atoms with E-state index in [9.17, 15) is 4.79 Å². The third-order valence-electron chi connectivity index (χ3n) is 2.54. The van der Waals surface area contributed by atoms with Crippen molar-refractivity contribution in [2.24, 2.45) is 0 Å². The Morgan fingerprint density at radius 2 is 1.89 bits per heavy atom. The second-order valence-electron chi connectivity index (χ2n) is 3.66. The summed E-state index contributed by atoms with van der Waals surface area (Å²) in [5, 5.41) is 1.81. The minimum Gasteiger partial charge on any atom is -0.497 e. The third kappa shape index (κ3) is 3.01. The van der Waals surface area contributed by atoms with Gasteiger partial charge in [0.2, 0.25) is 0 Å². The molecule has 0 aliphatic carbocycles. The van der Waals surface area contributed by atoms with Gasteiger partial charge in [-0.1, -0.05) is 0 Å². The van der Waals surface area contributed by atoms with Crippen LogP contribution in [0.4, 0.5) is 0 Å². The number of carbonyl (C=O) groups excluding carboxylic acids is 1. The fourth-order valence-corrected chi connectivity index (χ4v) is 3.37. The Kier molecular flexibility index (Phi) is 4.65. The standard InChI is InChI=1S/C13H10Br2O3S/c1-17-8-4-9(14)12(10(5-8)18-2)13(16)7-3-11(15)19-6-7/h3-6H,1-2H3. The van der Waals surface area contributed by atoms with Crippen LogP contribution in [0.2, 0.25) is 0 Å². The van der Waals surface area contributed by atoms with Crippen LogP contribution in [0.3, 0.4) is 0 Å². The number of ketones is 1. The summed E-state index contributed by atoms with van der Waals surface area (Å²) >= 11 is 8.22. The highest BCUT2D eigenvalue weighted by Crippen LogP contribution is 2.35. The van der Waals surface area contributed by atoms with Crippen molar-refractivity contribution < 1.29 is 14.3 Å². The summed E-state index contributed by atoms with van der Waals surface area (Å²) in [5.41, 5.74) is 1.12. The Morgan fingerprint density at radius 1 is 1.16 bits per heavy atom. The highest BCUT2D eigenvalue weighted by molar-refractivity contribution is 9.11. The molecule has 0 aliphatic heterocycles. The first-order valence-electron chi connectivity index (χ1n) is 5.27.